The number of aldehydes is 1. The van der Waals surface area contributed by atoms with Crippen LogP contribution in [0.1, 0.15) is 42.5 Å². The van der Waals surface area contributed by atoms with E-state index in [4.69, 9.17) is 11.6 Å². The summed E-state index contributed by atoms with van der Waals surface area (Å²) in [5.41, 5.74) is 0.361. The van der Waals surface area contributed by atoms with E-state index in [0.717, 1.165) is 19.1 Å². The largest absolute Gasteiger partial charge is 0.367 e. The van der Waals surface area contributed by atoms with Gasteiger partial charge in [-0.1, -0.05) is 42.6 Å². The number of anilines is 1. The lowest BCUT2D eigenvalue weighted by Gasteiger charge is -2.24. The molecular formula is C12H16ClN3OS. The third-order valence-electron chi connectivity index (χ3n) is 3.13. The number of thioether (sulfide) groups is 1. The van der Waals surface area contributed by atoms with Gasteiger partial charge in [-0.05, 0) is 19.1 Å². The maximum absolute atomic E-state index is 11.1. The number of aromatic nitrogens is 2. The summed E-state index contributed by atoms with van der Waals surface area (Å²) in [7, 11) is 0. The molecule has 1 N–H and O–H groups in total. The van der Waals surface area contributed by atoms with E-state index in [2.05, 4.69) is 15.3 Å². The molecule has 4 nitrogen and oxygen atoms in total. The smallest absolute Gasteiger partial charge is 0.190 e. The SMILES string of the molecule is CSc1nc(Cl)c(C=O)c(NC2CCCCC2)n1. The first-order valence-corrected chi connectivity index (χ1v) is 7.68. The van der Waals surface area contributed by atoms with E-state index in [0.29, 0.717) is 22.6 Å². The summed E-state index contributed by atoms with van der Waals surface area (Å²) < 4.78 is 0. The molecule has 98 valence electrons. The maximum Gasteiger partial charge on any atom is 0.190 e. The molecule has 0 unspecified atom stereocenters. The summed E-state index contributed by atoms with van der Waals surface area (Å²) >= 11 is 7.41. The van der Waals surface area contributed by atoms with Gasteiger partial charge in [-0.2, -0.15) is 0 Å². The van der Waals surface area contributed by atoms with Crippen molar-refractivity contribution in [2.75, 3.05) is 11.6 Å². The molecule has 0 aromatic carbocycles. The van der Waals surface area contributed by atoms with Crippen LogP contribution in [0.5, 0.6) is 0 Å². The standard InChI is InChI=1S/C12H16ClN3OS/c1-18-12-15-10(13)9(7-17)11(16-12)14-8-5-3-2-4-6-8/h7-8H,2-6H2,1H3,(H,14,15,16). The summed E-state index contributed by atoms with van der Waals surface area (Å²) in [5, 5.41) is 4.15. The number of carbonyl (C=O) groups excluding carboxylic acids is 1. The first kappa shape index (κ1) is 13.6. The minimum absolute atomic E-state index is 0.225. The summed E-state index contributed by atoms with van der Waals surface area (Å²) in [5.74, 6) is 0.571. The highest BCUT2D eigenvalue weighted by atomic mass is 35.5. The predicted molar refractivity (Wildman–Crippen MR) is 74.7 cm³/mol. The molecule has 6 heteroatoms. The van der Waals surface area contributed by atoms with Gasteiger partial charge in [-0.15, -0.1) is 0 Å². The molecule has 0 amide bonds. The van der Waals surface area contributed by atoms with Gasteiger partial charge < -0.3 is 5.32 Å². The molecule has 0 aliphatic heterocycles. The van der Waals surface area contributed by atoms with Gasteiger partial charge in [0.2, 0.25) is 0 Å². The maximum atomic E-state index is 11.1. The van der Waals surface area contributed by atoms with Crippen molar-refractivity contribution in [2.45, 2.75) is 43.3 Å². The van der Waals surface area contributed by atoms with E-state index in [1.807, 2.05) is 6.26 Å². The number of rotatable bonds is 4. The van der Waals surface area contributed by atoms with Gasteiger partial charge in [0.15, 0.2) is 11.4 Å². The highest BCUT2D eigenvalue weighted by Crippen LogP contribution is 2.26. The van der Waals surface area contributed by atoms with E-state index in [1.54, 1.807) is 0 Å². The van der Waals surface area contributed by atoms with Crippen LogP contribution in [0.3, 0.4) is 0 Å². The van der Waals surface area contributed by atoms with Crippen molar-refractivity contribution < 1.29 is 4.79 Å². The molecule has 1 saturated carbocycles. The molecule has 1 heterocycles. The van der Waals surface area contributed by atoms with Gasteiger partial charge in [0.25, 0.3) is 0 Å². The Kier molecular flexibility index (Phi) is 4.83. The van der Waals surface area contributed by atoms with Crippen molar-refractivity contribution in [2.24, 2.45) is 0 Å². The van der Waals surface area contributed by atoms with Crippen LogP contribution < -0.4 is 5.32 Å². The first-order chi connectivity index (χ1) is 8.74. The monoisotopic (exact) mass is 285 g/mol. The van der Waals surface area contributed by atoms with Crippen molar-refractivity contribution in [1.29, 1.82) is 0 Å². The van der Waals surface area contributed by atoms with Crippen LogP contribution in [0.2, 0.25) is 5.15 Å². The number of carbonyl (C=O) groups is 1. The first-order valence-electron chi connectivity index (χ1n) is 6.08. The van der Waals surface area contributed by atoms with Crippen LogP contribution in [0.25, 0.3) is 0 Å². The van der Waals surface area contributed by atoms with Crippen molar-refractivity contribution in [1.82, 2.24) is 9.97 Å². The Morgan fingerprint density at radius 3 is 2.67 bits per heavy atom. The van der Waals surface area contributed by atoms with Gasteiger partial charge in [0.1, 0.15) is 11.0 Å². The van der Waals surface area contributed by atoms with Gasteiger partial charge in [-0.3, -0.25) is 4.79 Å². The lowest BCUT2D eigenvalue weighted by Crippen LogP contribution is -2.24. The van der Waals surface area contributed by atoms with E-state index in [9.17, 15) is 4.79 Å². The summed E-state index contributed by atoms with van der Waals surface area (Å²) in [6, 6.07) is 0.387. The Bertz CT molecular complexity index is 436. The topological polar surface area (TPSA) is 54.9 Å². The molecule has 1 aliphatic carbocycles. The Morgan fingerprint density at radius 1 is 1.33 bits per heavy atom. The fraction of sp³-hybridized carbons (Fsp3) is 0.583. The fourth-order valence-electron chi connectivity index (χ4n) is 2.17. The average Bonchev–Trinajstić information content (AvgIpc) is 2.39. The number of halogens is 1. The summed E-state index contributed by atoms with van der Waals surface area (Å²) in [4.78, 5) is 19.5. The van der Waals surface area contributed by atoms with E-state index < -0.39 is 0 Å². The van der Waals surface area contributed by atoms with E-state index in [1.165, 1.54) is 31.0 Å². The van der Waals surface area contributed by atoms with Gasteiger partial charge in [-0.25, -0.2) is 9.97 Å². The normalized spacial score (nSPS) is 16.6. The minimum atomic E-state index is 0.225. The predicted octanol–water partition coefficient (Wildman–Crippen LogP) is 3.41. The van der Waals surface area contributed by atoms with Crippen molar-refractivity contribution >= 4 is 35.5 Å². The fourth-order valence-corrected chi connectivity index (χ4v) is 2.80. The molecule has 2 rings (SSSR count). The van der Waals surface area contributed by atoms with E-state index >= 15 is 0 Å². The number of nitrogens with zero attached hydrogens (tertiary/aromatic N) is 2. The Balaban J connectivity index is 2.23. The van der Waals surface area contributed by atoms with Crippen molar-refractivity contribution in [3.05, 3.63) is 10.7 Å². The van der Waals surface area contributed by atoms with Gasteiger partial charge >= 0.3 is 0 Å². The molecular weight excluding hydrogens is 270 g/mol. The van der Waals surface area contributed by atoms with Crippen LogP contribution in [-0.2, 0) is 0 Å². The molecule has 1 aromatic heterocycles. The number of hydrogen-bond acceptors (Lipinski definition) is 5. The van der Waals surface area contributed by atoms with Crippen LogP contribution in [-0.4, -0.2) is 28.6 Å². The second-order valence-corrected chi connectivity index (χ2v) is 5.49. The number of hydrogen-bond donors (Lipinski definition) is 1. The van der Waals surface area contributed by atoms with Crippen molar-refractivity contribution in [3.63, 3.8) is 0 Å². The lowest BCUT2D eigenvalue weighted by molar-refractivity contribution is 0.112. The molecule has 1 aliphatic rings. The van der Waals surface area contributed by atoms with Crippen LogP contribution in [0.4, 0.5) is 5.82 Å². The second-order valence-electron chi connectivity index (χ2n) is 4.36. The van der Waals surface area contributed by atoms with Crippen LogP contribution in [0, 0.1) is 0 Å². The highest BCUT2D eigenvalue weighted by molar-refractivity contribution is 7.98. The second kappa shape index (κ2) is 6.38. The molecule has 1 fully saturated rings. The third kappa shape index (κ3) is 3.14. The zero-order valence-corrected chi connectivity index (χ0v) is 11.9. The van der Waals surface area contributed by atoms with E-state index in [-0.39, 0.29) is 5.15 Å². The Hall–Kier alpha value is -0.810. The Morgan fingerprint density at radius 2 is 2.06 bits per heavy atom. The molecule has 1 aromatic rings. The summed E-state index contributed by atoms with van der Waals surface area (Å²) in [6.07, 6.45) is 8.58. The Labute approximate surface area is 116 Å². The molecule has 0 bridgehead atoms. The van der Waals surface area contributed by atoms with Crippen molar-refractivity contribution in [3.8, 4) is 0 Å². The molecule has 0 atom stereocenters. The molecule has 0 radical (unpaired) electrons. The zero-order valence-electron chi connectivity index (χ0n) is 10.3. The number of nitrogens with one attached hydrogen (secondary N) is 1. The van der Waals surface area contributed by atoms with Crippen LogP contribution >= 0.6 is 23.4 Å². The minimum Gasteiger partial charge on any atom is -0.367 e. The highest BCUT2D eigenvalue weighted by Gasteiger charge is 2.18. The lowest BCUT2D eigenvalue weighted by atomic mass is 9.95. The third-order valence-corrected chi connectivity index (χ3v) is 3.96. The summed E-state index contributed by atoms with van der Waals surface area (Å²) in [6.45, 7) is 0. The van der Waals surface area contributed by atoms with Crippen LogP contribution in [0.15, 0.2) is 5.16 Å². The van der Waals surface area contributed by atoms with Gasteiger partial charge in [0, 0.05) is 6.04 Å². The molecule has 0 spiro atoms. The zero-order chi connectivity index (χ0) is 13.0. The van der Waals surface area contributed by atoms with Gasteiger partial charge in [0.05, 0.1) is 5.56 Å². The average molecular weight is 286 g/mol. The molecule has 0 saturated heterocycles. The molecule has 18 heavy (non-hydrogen) atoms. The quantitative estimate of drug-likeness (QED) is 0.398.